The molecule has 1 unspecified atom stereocenters. The summed E-state index contributed by atoms with van der Waals surface area (Å²) in [5.74, 6) is 0. The van der Waals surface area contributed by atoms with E-state index in [4.69, 9.17) is 11.6 Å². The Hall–Kier alpha value is -0.0100. The summed E-state index contributed by atoms with van der Waals surface area (Å²) < 4.78 is 1.14. The van der Waals surface area contributed by atoms with Crippen molar-refractivity contribution in [2.45, 2.75) is 50.8 Å². The van der Waals surface area contributed by atoms with Crippen molar-refractivity contribution in [3.63, 3.8) is 0 Å². The number of hydrogen-bond acceptors (Lipinski definition) is 0. The van der Waals surface area contributed by atoms with Gasteiger partial charge in [0.05, 0.1) is 0 Å². The highest BCUT2D eigenvalue weighted by Crippen LogP contribution is 2.18. The molecule has 1 atom stereocenters. The third-order valence-corrected chi connectivity index (χ3v) is 3.58. The molecule has 0 heterocycles. The van der Waals surface area contributed by atoms with Crippen LogP contribution in [-0.2, 0) is 6.42 Å². The minimum atomic E-state index is 0.283. The fourth-order valence-electron chi connectivity index (χ4n) is 1.81. The van der Waals surface area contributed by atoms with Crippen molar-refractivity contribution in [3.05, 3.63) is 34.3 Å². The number of rotatable bonds is 7. The van der Waals surface area contributed by atoms with Crippen molar-refractivity contribution in [3.8, 4) is 0 Å². The van der Waals surface area contributed by atoms with E-state index >= 15 is 0 Å². The molecule has 16 heavy (non-hydrogen) atoms. The molecular formula is C14H20BrCl. The second kappa shape index (κ2) is 8.14. The van der Waals surface area contributed by atoms with Gasteiger partial charge < -0.3 is 0 Å². The smallest absolute Gasteiger partial charge is 0.0376 e. The minimum absolute atomic E-state index is 0.283. The van der Waals surface area contributed by atoms with Gasteiger partial charge in [0.25, 0.3) is 0 Å². The monoisotopic (exact) mass is 302 g/mol. The number of hydrogen-bond donors (Lipinski definition) is 0. The molecule has 0 saturated heterocycles. The Morgan fingerprint density at radius 2 is 2.06 bits per heavy atom. The second-order valence-corrected chi connectivity index (χ2v) is 5.81. The van der Waals surface area contributed by atoms with Crippen LogP contribution in [0.5, 0.6) is 0 Å². The van der Waals surface area contributed by atoms with Gasteiger partial charge in [0, 0.05) is 9.85 Å². The van der Waals surface area contributed by atoms with Crippen molar-refractivity contribution in [2.24, 2.45) is 0 Å². The first kappa shape index (κ1) is 14.1. The van der Waals surface area contributed by atoms with Crippen LogP contribution in [0.15, 0.2) is 28.7 Å². The van der Waals surface area contributed by atoms with Gasteiger partial charge in [0.15, 0.2) is 0 Å². The maximum absolute atomic E-state index is 6.33. The van der Waals surface area contributed by atoms with E-state index in [2.05, 4.69) is 41.1 Å². The van der Waals surface area contributed by atoms with Crippen molar-refractivity contribution in [2.75, 3.05) is 0 Å². The largest absolute Gasteiger partial charge is 0.123 e. The lowest BCUT2D eigenvalue weighted by Gasteiger charge is -2.09. The molecule has 0 spiro atoms. The van der Waals surface area contributed by atoms with Crippen LogP contribution in [0.4, 0.5) is 0 Å². The predicted octanol–water partition coefficient (Wildman–Crippen LogP) is 5.57. The average Bonchev–Trinajstić information content (AvgIpc) is 2.24. The van der Waals surface area contributed by atoms with E-state index in [0.717, 1.165) is 17.3 Å². The van der Waals surface area contributed by atoms with Gasteiger partial charge in [-0.25, -0.2) is 0 Å². The summed E-state index contributed by atoms with van der Waals surface area (Å²) in [6.45, 7) is 2.24. The van der Waals surface area contributed by atoms with Gasteiger partial charge in [-0.3, -0.25) is 0 Å². The van der Waals surface area contributed by atoms with Gasteiger partial charge in [-0.05, 0) is 30.5 Å². The zero-order valence-electron chi connectivity index (χ0n) is 9.89. The molecule has 0 nitrogen and oxygen atoms in total. The third kappa shape index (κ3) is 5.91. The standard InChI is InChI=1S/C14H20BrCl/c1-2-3-4-5-9-14(16)11-12-7-6-8-13(15)10-12/h6-8,10,14H,2-5,9,11H2,1H3. The highest BCUT2D eigenvalue weighted by molar-refractivity contribution is 9.10. The van der Waals surface area contributed by atoms with E-state index in [-0.39, 0.29) is 5.38 Å². The van der Waals surface area contributed by atoms with Crippen LogP contribution in [0.1, 0.15) is 44.6 Å². The van der Waals surface area contributed by atoms with Crippen LogP contribution >= 0.6 is 27.5 Å². The van der Waals surface area contributed by atoms with E-state index < -0.39 is 0 Å². The summed E-state index contributed by atoms with van der Waals surface area (Å²) in [7, 11) is 0. The SMILES string of the molecule is CCCCCCC(Cl)Cc1cccc(Br)c1. The van der Waals surface area contributed by atoms with Crippen molar-refractivity contribution < 1.29 is 0 Å². The van der Waals surface area contributed by atoms with Crippen molar-refractivity contribution in [1.82, 2.24) is 0 Å². The molecule has 0 radical (unpaired) electrons. The lowest BCUT2D eigenvalue weighted by molar-refractivity contribution is 0.612. The summed E-state index contributed by atoms with van der Waals surface area (Å²) in [6.07, 6.45) is 7.31. The highest BCUT2D eigenvalue weighted by atomic mass is 79.9. The zero-order valence-corrected chi connectivity index (χ0v) is 12.2. The molecule has 90 valence electrons. The quantitative estimate of drug-likeness (QED) is 0.456. The van der Waals surface area contributed by atoms with Crippen LogP contribution in [0, 0.1) is 0 Å². The van der Waals surface area contributed by atoms with Gasteiger partial charge in [0.2, 0.25) is 0 Å². The molecule has 0 bridgehead atoms. The Balaban J connectivity index is 2.25. The Morgan fingerprint density at radius 3 is 2.75 bits per heavy atom. The van der Waals surface area contributed by atoms with E-state index in [1.54, 1.807) is 0 Å². The Bertz CT molecular complexity index is 299. The summed E-state index contributed by atoms with van der Waals surface area (Å²) in [5.41, 5.74) is 1.32. The van der Waals surface area contributed by atoms with Crippen molar-refractivity contribution >= 4 is 27.5 Å². The van der Waals surface area contributed by atoms with Gasteiger partial charge in [-0.1, -0.05) is 60.7 Å². The molecule has 1 aromatic carbocycles. The number of benzene rings is 1. The van der Waals surface area contributed by atoms with E-state index in [9.17, 15) is 0 Å². The molecule has 1 rings (SSSR count). The first-order chi connectivity index (χ1) is 7.72. The Morgan fingerprint density at radius 1 is 1.25 bits per heavy atom. The molecule has 0 saturated carbocycles. The summed E-state index contributed by atoms with van der Waals surface area (Å²) >= 11 is 9.81. The maximum Gasteiger partial charge on any atom is 0.0376 e. The summed E-state index contributed by atoms with van der Waals surface area (Å²) in [4.78, 5) is 0. The molecule has 0 fully saturated rings. The topological polar surface area (TPSA) is 0 Å². The van der Waals surface area contributed by atoms with Gasteiger partial charge in [-0.2, -0.15) is 0 Å². The Labute approximate surface area is 113 Å². The normalized spacial score (nSPS) is 12.7. The fraction of sp³-hybridized carbons (Fsp3) is 0.571. The molecule has 0 amide bonds. The lowest BCUT2D eigenvalue weighted by atomic mass is 10.0. The fourth-order valence-corrected chi connectivity index (χ4v) is 2.59. The van der Waals surface area contributed by atoms with Crippen molar-refractivity contribution in [1.29, 1.82) is 0 Å². The summed E-state index contributed by atoms with van der Waals surface area (Å²) in [5, 5.41) is 0.283. The molecule has 0 N–H and O–H groups in total. The van der Waals surface area contributed by atoms with Gasteiger partial charge in [0.1, 0.15) is 0 Å². The zero-order chi connectivity index (χ0) is 11.8. The minimum Gasteiger partial charge on any atom is -0.123 e. The molecule has 1 aromatic rings. The van der Waals surface area contributed by atoms with Crippen LogP contribution < -0.4 is 0 Å². The lowest BCUT2D eigenvalue weighted by Crippen LogP contribution is -2.03. The van der Waals surface area contributed by atoms with E-state index in [1.165, 1.54) is 31.2 Å². The number of halogens is 2. The van der Waals surface area contributed by atoms with E-state index in [1.807, 2.05) is 6.07 Å². The third-order valence-electron chi connectivity index (χ3n) is 2.72. The van der Waals surface area contributed by atoms with E-state index in [0.29, 0.717) is 0 Å². The van der Waals surface area contributed by atoms with Crippen LogP contribution in [-0.4, -0.2) is 5.38 Å². The number of unbranched alkanes of at least 4 members (excludes halogenated alkanes) is 3. The number of alkyl halides is 1. The Kier molecular flexibility index (Phi) is 7.15. The van der Waals surface area contributed by atoms with Gasteiger partial charge in [-0.15, -0.1) is 11.6 Å². The predicted molar refractivity (Wildman–Crippen MR) is 76.2 cm³/mol. The molecule has 0 aliphatic carbocycles. The van der Waals surface area contributed by atoms with Gasteiger partial charge >= 0.3 is 0 Å². The van der Waals surface area contributed by atoms with Crippen LogP contribution in [0.25, 0.3) is 0 Å². The molecule has 2 heteroatoms. The average molecular weight is 304 g/mol. The molecule has 0 aromatic heterocycles. The first-order valence-electron chi connectivity index (χ1n) is 6.11. The molecule has 0 aliphatic rings. The first-order valence-corrected chi connectivity index (χ1v) is 7.34. The maximum atomic E-state index is 6.33. The molecular weight excluding hydrogens is 284 g/mol. The highest BCUT2D eigenvalue weighted by Gasteiger charge is 2.05. The van der Waals surface area contributed by atoms with Crippen LogP contribution in [0.2, 0.25) is 0 Å². The molecule has 0 aliphatic heterocycles. The van der Waals surface area contributed by atoms with Crippen LogP contribution in [0.3, 0.4) is 0 Å². The second-order valence-electron chi connectivity index (χ2n) is 4.28. The summed E-state index contributed by atoms with van der Waals surface area (Å²) in [6, 6.07) is 8.42.